The number of piperidine rings is 1. The summed E-state index contributed by atoms with van der Waals surface area (Å²) in [4.78, 5) is 25.0. The standard InChI is InChI=1S/C24H29FN2O5S/c1-16(2)21-8-4-6-17(3)23(21)26-22(28)15-32-24(29)18-7-5-13-27(14-18)33(30,31)20-11-9-19(25)10-12-20/h4,6,8-12,16,18H,5,7,13-15H2,1-3H3,(H,26,28). The van der Waals surface area contributed by atoms with E-state index in [1.54, 1.807) is 0 Å². The first-order valence-electron chi connectivity index (χ1n) is 10.9. The second-order valence-corrected chi connectivity index (χ2v) is 10.4. The number of para-hydroxylation sites is 1. The van der Waals surface area contributed by atoms with Gasteiger partial charge in [0.15, 0.2) is 6.61 Å². The zero-order valence-corrected chi connectivity index (χ0v) is 19.8. The Morgan fingerprint density at radius 3 is 2.55 bits per heavy atom. The zero-order chi connectivity index (χ0) is 24.2. The van der Waals surface area contributed by atoms with Crippen LogP contribution in [-0.2, 0) is 24.3 Å². The first kappa shape index (κ1) is 24.9. The first-order chi connectivity index (χ1) is 15.6. The summed E-state index contributed by atoms with van der Waals surface area (Å²) in [5.74, 6) is -2.06. The van der Waals surface area contributed by atoms with Gasteiger partial charge in [0.25, 0.3) is 5.91 Å². The monoisotopic (exact) mass is 476 g/mol. The first-order valence-corrected chi connectivity index (χ1v) is 12.4. The quantitative estimate of drug-likeness (QED) is 0.613. The van der Waals surface area contributed by atoms with Crippen molar-refractivity contribution in [3.8, 4) is 0 Å². The molecule has 7 nitrogen and oxygen atoms in total. The summed E-state index contributed by atoms with van der Waals surface area (Å²) < 4.78 is 45.3. The van der Waals surface area contributed by atoms with E-state index in [0.717, 1.165) is 23.3 Å². The summed E-state index contributed by atoms with van der Waals surface area (Å²) in [5, 5.41) is 2.82. The maximum atomic E-state index is 13.2. The van der Waals surface area contributed by atoms with Crippen molar-refractivity contribution in [2.24, 2.45) is 5.92 Å². The molecule has 33 heavy (non-hydrogen) atoms. The van der Waals surface area contributed by atoms with Crippen molar-refractivity contribution in [1.82, 2.24) is 4.31 Å². The summed E-state index contributed by atoms with van der Waals surface area (Å²) in [6.45, 7) is 5.71. The summed E-state index contributed by atoms with van der Waals surface area (Å²) in [6, 6.07) is 10.3. The molecule has 178 valence electrons. The van der Waals surface area contributed by atoms with E-state index >= 15 is 0 Å². The van der Waals surface area contributed by atoms with Gasteiger partial charge in [-0.25, -0.2) is 12.8 Å². The number of nitrogens with zero attached hydrogens (tertiary/aromatic N) is 1. The Balaban J connectivity index is 1.60. The highest BCUT2D eigenvalue weighted by atomic mass is 32.2. The van der Waals surface area contributed by atoms with Crippen LogP contribution < -0.4 is 5.32 Å². The number of nitrogens with one attached hydrogen (secondary N) is 1. The van der Waals surface area contributed by atoms with E-state index in [9.17, 15) is 22.4 Å². The van der Waals surface area contributed by atoms with Crippen LogP contribution in [0, 0.1) is 18.7 Å². The molecule has 0 saturated carbocycles. The van der Waals surface area contributed by atoms with Crippen molar-refractivity contribution in [2.45, 2.75) is 44.4 Å². The van der Waals surface area contributed by atoms with Crippen molar-refractivity contribution < 1.29 is 27.1 Å². The molecule has 3 rings (SSSR count). The predicted molar refractivity (Wildman–Crippen MR) is 123 cm³/mol. The molecule has 0 aromatic heterocycles. The van der Waals surface area contributed by atoms with Gasteiger partial charge in [-0.1, -0.05) is 32.0 Å². The number of anilines is 1. The van der Waals surface area contributed by atoms with Crippen molar-refractivity contribution in [1.29, 1.82) is 0 Å². The number of hydrogen-bond acceptors (Lipinski definition) is 5. The van der Waals surface area contributed by atoms with Gasteiger partial charge in [0.2, 0.25) is 10.0 Å². The Morgan fingerprint density at radius 2 is 1.88 bits per heavy atom. The van der Waals surface area contributed by atoms with Crippen LogP contribution >= 0.6 is 0 Å². The third-order valence-electron chi connectivity index (χ3n) is 5.71. The third-order valence-corrected chi connectivity index (χ3v) is 7.59. The Hall–Kier alpha value is -2.78. The highest BCUT2D eigenvalue weighted by molar-refractivity contribution is 7.89. The number of aryl methyl sites for hydroxylation is 1. The van der Waals surface area contributed by atoms with Gasteiger partial charge in [0, 0.05) is 18.8 Å². The molecule has 2 aromatic carbocycles. The van der Waals surface area contributed by atoms with Gasteiger partial charge in [-0.15, -0.1) is 0 Å². The van der Waals surface area contributed by atoms with Crippen LogP contribution in [0.2, 0.25) is 0 Å². The number of esters is 1. The van der Waals surface area contributed by atoms with Crippen LogP contribution in [0.25, 0.3) is 0 Å². The Kier molecular flexibility index (Phi) is 7.86. The minimum atomic E-state index is -3.86. The molecule has 1 N–H and O–H groups in total. The third kappa shape index (κ3) is 5.97. The molecule has 0 aliphatic carbocycles. The maximum absolute atomic E-state index is 13.2. The van der Waals surface area contributed by atoms with Crippen LogP contribution in [0.15, 0.2) is 47.4 Å². The molecule has 1 aliphatic rings. The lowest BCUT2D eigenvalue weighted by molar-refractivity contribution is -0.152. The molecule has 1 saturated heterocycles. The minimum absolute atomic E-state index is 0.0310. The molecular formula is C24H29FN2O5S. The Labute approximate surface area is 194 Å². The number of halogens is 1. The average molecular weight is 477 g/mol. The Bertz CT molecular complexity index is 1120. The number of carbonyl (C=O) groups is 2. The number of sulfonamides is 1. The summed E-state index contributed by atoms with van der Waals surface area (Å²) >= 11 is 0. The largest absolute Gasteiger partial charge is 0.455 e. The van der Waals surface area contributed by atoms with Crippen LogP contribution in [0.4, 0.5) is 10.1 Å². The molecular weight excluding hydrogens is 447 g/mol. The van der Waals surface area contributed by atoms with Crippen molar-refractivity contribution in [3.63, 3.8) is 0 Å². The maximum Gasteiger partial charge on any atom is 0.310 e. The van der Waals surface area contributed by atoms with Gasteiger partial charge in [-0.05, 0) is 61.1 Å². The Morgan fingerprint density at radius 1 is 1.18 bits per heavy atom. The molecule has 0 spiro atoms. The van der Waals surface area contributed by atoms with E-state index in [4.69, 9.17) is 4.74 Å². The van der Waals surface area contributed by atoms with Gasteiger partial charge < -0.3 is 10.1 Å². The van der Waals surface area contributed by atoms with Crippen molar-refractivity contribution in [2.75, 3.05) is 25.0 Å². The lowest BCUT2D eigenvalue weighted by Crippen LogP contribution is -2.43. The SMILES string of the molecule is Cc1cccc(C(C)C)c1NC(=O)COC(=O)C1CCCN(S(=O)(=O)c2ccc(F)cc2)C1. The molecule has 2 aromatic rings. The predicted octanol–water partition coefficient (Wildman–Crippen LogP) is 3.84. The number of rotatable bonds is 7. The number of benzene rings is 2. The van der Waals surface area contributed by atoms with Crippen LogP contribution in [0.5, 0.6) is 0 Å². The van der Waals surface area contributed by atoms with E-state index in [1.807, 2.05) is 39.0 Å². The van der Waals surface area contributed by atoms with Gasteiger partial charge in [-0.3, -0.25) is 9.59 Å². The summed E-state index contributed by atoms with van der Waals surface area (Å²) in [5.41, 5.74) is 2.61. The fourth-order valence-electron chi connectivity index (χ4n) is 3.88. The van der Waals surface area contributed by atoms with E-state index in [-0.39, 0.29) is 23.9 Å². The summed E-state index contributed by atoms with van der Waals surface area (Å²) in [6.07, 6.45) is 0.943. The number of ether oxygens (including phenoxy) is 1. The van der Waals surface area contributed by atoms with Crippen molar-refractivity contribution in [3.05, 3.63) is 59.4 Å². The smallest absolute Gasteiger partial charge is 0.310 e. The second kappa shape index (κ2) is 10.4. The van der Waals surface area contributed by atoms with Crippen LogP contribution in [-0.4, -0.2) is 44.3 Å². The van der Waals surface area contributed by atoms with E-state index in [2.05, 4.69) is 5.32 Å². The van der Waals surface area contributed by atoms with Gasteiger partial charge in [0.05, 0.1) is 10.8 Å². The number of hydrogen-bond donors (Lipinski definition) is 1. The van der Waals surface area contributed by atoms with Gasteiger partial charge in [-0.2, -0.15) is 4.31 Å². The summed E-state index contributed by atoms with van der Waals surface area (Å²) in [7, 11) is -3.86. The van der Waals surface area contributed by atoms with E-state index < -0.39 is 40.2 Å². The molecule has 0 bridgehead atoms. The zero-order valence-electron chi connectivity index (χ0n) is 19.0. The van der Waals surface area contributed by atoms with E-state index in [1.165, 1.54) is 16.4 Å². The second-order valence-electron chi connectivity index (χ2n) is 8.51. The molecule has 1 unspecified atom stereocenters. The molecule has 1 atom stereocenters. The molecule has 1 heterocycles. The number of amides is 1. The molecule has 0 radical (unpaired) electrons. The van der Waals surface area contributed by atoms with E-state index in [0.29, 0.717) is 18.5 Å². The van der Waals surface area contributed by atoms with Crippen molar-refractivity contribution >= 4 is 27.6 Å². The highest BCUT2D eigenvalue weighted by Crippen LogP contribution is 2.28. The highest BCUT2D eigenvalue weighted by Gasteiger charge is 2.34. The van der Waals surface area contributed by atoms with Gasteiger partial charge in [0.1, 0.15) is 5.82 Å². The molecule has 1 fully saturated rings. The molecule has 1 aliphatic heterocycles. The fourth-order valence-corrected chi connectivity index (χ4v) is 5.40. The lowest BCUT2D eigenvalue weighted by Gasteiger charge is -2.30. The normalized spacial score (nSPS) is 17.1. The topological polar surface area (TPSA) is 92.8 Å². The molecule has 9 heteroatoms. The lowest BCUT2D eigenvalue weighted by atomic mass is 9.98. The average Bonchev–Trinajstić information content (AvgIpc) is 2.79. The number of carbonyl (C=O) groups excluding carboxylic acids is 2. The van der Waals surface area contributed by atoms with Crippen LogP contribution in [0.3, 0.4) is 0 Å². The molecule has 1 amide bonds. The fraction of sp³-hybridized carbons (Fsp3) is 0.417. The van der Waals surface area contributed by atoms with Gasteiger partial charge >= 0.3 is 5.97 Å². The minimum Gasteiger partial charge on any atom is -0.455 e. The van der Waals surface area contributed by atoms with Crippen LogP contribution in [0.1, 0.15) is 43.7 Å².